The average molecular weight is 257 g/mol. The zero-order valence-electron chi connectivity index (χ0n) is 12.1. The van der Waals surface area contributed by atoms with Crippen molar-refractivity contribution in [3.05, 3.63) is 0 Å². The van der Waals surface area contributed by atoms with Gasteiger partial charge in [-0.3, -0.25) is 9.69 Å². The lowest BCUT2D eigenvalue weighted by Crippen LogP contribution is -2.51. The van der Waals surface area contributed by atoms with Gasteiger partial charge in [0.2, 0.25) is 5.91 Å². The van der Waals surface area contributed by atoms with E-state index in [1.807, 2.05) is 27.7 Å². The van der Waals surface area contributed by atoms with Crippen LogP contribution >= 0.6 is 0 Å². The fourth-order valence-electron chi connectivity index (χ4n) is 1.83. The van der Waals surface area contributed by atoms with Crippen LogP contribution < -0.4 is 10.6 Å². The van der Waals surface area contributed by atoms with Gasteiger partial charge in [0.05, 0.1) is 19.3 Å². The molecule has 1 saturated heterocycles. The van der Waals surface area contributed by atoms with E-state index in [4.69, 9.17) is 4.74 Å². The molecule has 0 saturated carbocycles. The van der Waals surface area contributed by atoms with Crippen molar-refractivity contribution >= 4 is 5.91 Å². The average Bonchev–Trinajstić information content (AvgIpc) is 2.28. The molecule has 0 spiro atoms. The molecule has 0 aromatic rings. The lowest BCUT2D eigenvalue weighted by Gasteiger charge is -2.28. The predicted molar refractivity (Wildman–Crippen MR) is 72.6 cm³/mol. The van der Waals surface area contributed by atoms with Crippen LogP contribution in [0, 0.1) is 0 Å². The molecule has 1 fully saturated rings. The summed E-state index contributed by atoms with van der Waals surface area (Å²) in [6.07, 6.45) is 0. The smallest absolute Gasteiger partial charge is 0.237 e. The van der Waals surface area contributed by atoms with Gasteiger partial charge < -0.3 is 15.4 Å². The van der Waals surface area contributed by atoms with Crippen molar-refractivity contribution in [2.75, 3.05) is 39.4 Å². The lowest BCUT2D eigenvalue weighted by atomic mass is 10.1. The first-order valence-electron chi connectivity index (χ1n) is 6.74. The maximum Gasteiger partial charge on any atom is 0.237 e. The van der Waals surface area contributed by atoms with Gasteiger partial charge in [-0.25, -0.2) is 0 Å². The number of morpholine rings is 1. The highest BCUT2D eigenvalue weighted by atomic mass is 16.5. The molecular formula is C13H27N3O2. The summed E-state index contributed by atoms with van der Waals surface area (Å²) in [5, 5.41) is 6.23. The summed E-state index contributed by atoms with van der Waals surface area (Å²) in [7, 11) is 0. The highest BCUT2D eigenvalue weighted by molar-refractivity contribution is 5.81. The number of hydrogen-bond donors (Lipinski definition) is 2. The first-order chi connectivity index (χ1) is 8.38. The van der Waals surface area contributed by atoms with Gasteiger partial charge in [-0.1, -0.05) is 0 Å². The van der Waals surface area contributed by atoms with Gasteiger partial charge in [-0.2, -0.15) is 0 Å². The second-order valence-electron chi connectivity index (χ2n) is 5.87. The van der Waals surface area contributed by atoms with Crippen LogP contribution in [0.3, 0.4) is 0 Å². The molecule has 1 unspecified atom stereocenters. The minimum absolute atomic E-state index is 0.0597. The molecule has 2 N–H and O–H groups in total. The summed E-state index contributed by atoms with van der Waals surface area (Å²) < 4.78 is 5.29. The summed E-state index contributed by atoms with van der Waals surface area (Å²) in [5.41, 5.74) is -0.169. The molecule has 18 heavy (non-hydrogen) atoms. The third kappa shape index (κ3) is 6.33. The topological polar surface area (TPSA) is 53.6 Å². The maximum absolute atomic E-state index is 11.8. The molecule has 1 aliphatic heterocycles. The fourth-order valence-corrected chi connectivity index (χ4v) is 1.83. The van der Waals surface area contributed by atoms with Crippen molar-refractivity contribution in [3.63, 3.8) is 0 Å². The minimum atomic E-state index is -0.169. The van der Waals surface area contributed by atoms with Crippen molar-refractivity contribution in [1.29, 1.82) is 0 Å². The molecule has 1 aliphatic rings. The van der Waals surface area contributed by atoms with Gasteiger partial charge >= 0.3 is 0 Å². The lowest BCUT2D eigenvalue weighted by molar-refractivity contribution is -0.124. The molecular weight excluding hydrogens is 230 g/mol. The van der Waals surface area contributed by atoms with Crippen LogP contribution in [0.4, 0.5) is 0 Å². The van der Waals surface area contributed by atoms with E-state index in [-0.39, 0.29) is 17.5 Å². The van der Waals surface area contributed by atoms with E-state index in [0.29, 0.717) is 0 Å². The third-order valence-electron chi connectivity index (χ3n) is 2.87. The molecule has 0 bridgehead atoms. The molecule has 106 valence electrons. The van der Waals surface area contributed by atoms with E-state index in [1.54, 1.807) is 0 Å². The van der Waals surface area contributed by atoms with E-state index >= 15 is 0 Å². The number of carbonyl (C=O) groups excluding carboxylic acids is 1. The van der Waals surface area contributed by atoms with Crippen LogP contribution in [0.25, 0.3) is 0 Å². The van der Waals surface area contributed by atoms with Crippen molar-refractivity contribution in [2.24, 2.45) is 0 Å². The quantitative estimate of drug-likeness (QED) is 0.739. The molecule has 5 nitrogen and oxygen atoms in total. The highest BCUT2D eigenvalue weighted by Gasteiger charge is 2.19. The summed E-state index contributed by atoms with van der Waals surface area (Å²) in [6.45, 7) is 13.3. The Labute approximate surface area is 110 Å². The Morgan fingerprint density at radius 1 is 1.33 bits per heavy atom. The Balaban J connectivity index is 2.15. The monoisotopic (exact) mass is 257 g/mol. The van der Waals surface area contributed by atoms with Gasteiger partial charge in [0, 0.05) is 31.7 Å². The zero-order valence-corrected chi connectivity index (χ0v) is 12.1. The molecule has 5 heteroatoms. The number of hydrogen-bond acceptors (Lipinski definition) is 4. The number of amides is 1. The van der Waals surface area contributed by atoms with Crippen LogP contribution in [-0.4, -0.2) is 61.8 Å². The molecule has 0 aliphatic carbocycles. The Kier molecular flexibility index (Phi) is 6.05. The standard InChI is InChI=1S/C13H27N3O2/c1-11(12(17)15-13(2,3)4)14-5-6-16-7-9-18-10-8-16/h11,14H,5-10H2,1-4H3,(H,15,17). The second kappa shape index (κ2) is 7.07. The summed E-state index contributed by atoms with van der Waals surface area (Å²) in [6, 6.07) is -0.148. The first kappa shape index (κ1) is 15.4. The fraction of sp³-hybridized carbons (Fsp3) is 0.923. The Morgan fingerprint density at radius 3 is 2.50 bits per heavy atom. The van der Waals surface area contributed by atoms with Crippen LogP contribution in [0.5, 0.6) is 0 Å². The maximum atomic E-state index is 11.8. The second-order valence-corrected chi connectivity index (χ2v) is 5.87. The first-order valence-corrected chi connectivity index (χ1v) is 6.74. The van der Waals surface area contributed by atoms with Gasteiger partial charge in [-0.05, 0) is 27.7 Å². The van der Waals surface area contributed by atoms with Crippen LogP contribution in [0.1, 0.15) is 27.7 Å². The predicted octanol–water partition coefficient (Wildman–Crippen LogP) is 0.211. The number of ether oxygens (including phenoxy) is 1. The number of nitrogens with zero attached hydrogens (tertiary/aromatic N) is 1. The van der Waals surface area contributed by atoms with E-state index in [0.717, 1.165) is 39.4 Å². The molecule has 1 heterocycles. The van der Waals surface area contributed by atoms with Crippen LogP contribution in [0.2, 0.25) is 0 Å². The van der Waals surface area contributed by atoms with E-state index in [1.165, 1.54) is 0 Å². The Bertz CT molecular complexity index is 257. The van der Waals surface area contributed by atoms with E-state index in [9.17, 15) is 4.79 Å². The number of rotatable bonds is 5. The Hall–Kier alpha value is -0.650. The third-order valence-corrected chi connectivity index (χ3v) is 2.87. The van der Waals surface area contributed by atoms with Gasteiger partial charge in [0.15, 0.2) is 0 Å². The number of nitrogens with one attached hydrogen (secondary N) is 2. The van der Waals surface area contributed by atoms with Crippen LogP contribution in [-0.2, 0) is 9.53 Å². The zero-order chi connectivity index (χ0) is 13.6. The highest BCUT2D eigenvalue weighted by Crippen LogP contribution is 1.99. The molecule has 1 amide bonds. The van der Waals surface area contributed by atoms with Crippen molar-refractivity contribution in [1.82, 2.24) is 15.5 Å². The van der Waals surface area contributed by atoms with Crippen LogP contribution in [0.15, 0.2) is 0 Å². The summed E-state index contributed by atoms with van der Waals surface area (Å²) in [5.74, 6) is 0.0597. The van der Waals surface area contributed by atoms with Crippen molar-refractivity contribution in [2.45, 2.75) is 39.3 Å². The Morgan fingerprint density at radius 2 is 1.94 bits per heavy atom. The molecule has 1 atom stereocenters. The molecule has 1 rings (SSSR count). The minimum Gasteiger partial charge on any atom is -0.379 e. The normalized spacial score (nSPS) is 19.6. The molecule has 0 aromatic heterocycles. The molecule has 0 radical (unpaired) electrons. The number of carbonyl (C=O) groups is 1. The van der Waals surface area contributed by atoms with E-state index < -0.39 is 0 Å². The summed E-state index contributed by atoms with van der Waals surface area (Å²) in [4.78, 5) is 14.2. The van der Waals surface area contributed by atoms with Gasteiger partial charge in [-0.15, -0.1) is 0 Å². The largest absolute Gasteiger partial charge is 0.379 e. The van der Waals surface area contributed by atoms with E-state index in [2.05, 4.69) is 15.5 Å². The SMILES string of the molecule is CC(NCCN1CCOCC1)C(=O)NC(C)(C)C. The summed E-state index contributed by atoms with van der Waals surface area (Å²) >= 11 is 0. The van der Waals surface area contributed by atoms with Crippen molar-refractivity contribution in [3.8, 4) is 0 Å². The van der Waals surface area contributed by atoms with Gasteiger partial charge in [0.1, 0.15) is 0 Å². The van der Waals surface area contributed by atoms with Gasteiger partial charge in [0.25, 0.3) is 0 Å². The van der Waals surface area contributed by atoms with Crippen molar-refractivity contribution < 1.29 is 9.53 Å². The molecule has 0 aromatic carbocycles.